The van der Waals surface area contributed by atoms with Gasteiger partial charge in [0, 0.05) is 13.1 Å². The van der Waals surface area contributed by atoms with Crippen molar-refractivity contribution in [2.24, 2.45) is 0 Å². The van der Waals surface area contributed by atoms with E-state index < -0.39 is 0 Å². The van der Waals surface area contributed by atoms with Gasteiger partial charge in [-0.3, -0.25) is 0 Å². The molecule has 0 radical (unpaired) electrons. The van der Waals surface area contributed by atoms with Crippen LogP contribution in [0.2, 0.25) is 0 Å². The second-order valence-corrected chi connectivity index (χ2v) is 7.70. The van der Waals surface area contributed by atoms with Crippen LogP contribution in [-0.2, 0) is 9.47 Å². The number of hydrogen-bond acceptors (Lipinski definition) is 9. The first-order valence-corrected chi connectivity index (χ1v) is 10.4. The first kappa shape index (κ1) is 19.5. The van der Waals surface area contributed by atoms with Gasteiger partial charge in [0.05, 0.1) is 37.1 Å². The van der Waals surface area contributed by atoms with Gasteiger partial charge in [0.2, 0.25) is 0 Å². The first-order chi connectivity index (χ1) is 14.1. The molecule has 152 valence electrons. The summed E-state index contributed by atoms with van der Waals surface area (Å²) in [6.07, 6.45) is 1.79. The molecule has 3 aromatic heterocycles. The Kier molecular flexibility index (Phi) is 5.59. The summed E-state index contributed by atoms with van der Waals surface area (Å²) >= 11 is 1.33. The van der Waals surface area contributed by atoms with Gasteiger partial charge < -0.3 is 19.7 Å². The predicted octanol–water partition coefficient (Wildman–Crippen LogP) is 3.46. The van der Waals surface area contributed by atoms with E-state index in [0.717, 1.165) is 53.6 Å². The van der Waals surface area contributed by atoms with E-state index >= 15 is 0 Å². The van der Waals surface area contributed by atoms with E-state index in [1.54, 1.807) is 13.1 Å². The largest absolute Gasteiger partial charge is 0.462 e. The van der Waals surface area contributed by atoms with E-state index in [9.17, 15) is 4.79 Å². The van der Waals surface area contributed by atoms with Crippen molar-refractivity contribution in [2.75, 3.05) is 43.1 Å². The maximum atomic E-state index is 12.3. The fraction of sp³-hybridized carbons (Fsp3) is 0.400. The molecule has 0 atom stereocenters. The lowest BCUT2D eigenvalue weighted by molar-refractivity contribution is 0.0531. The number of morpholine rings is 1. The molecule has 1 aliphatic rings. The summed E-state index contributed by atoms with van der Waals surface area (Å²) in [5.41, 5.74) is 1.65. The molecule has 0 aromatic carbocycles. The minimum absolute atomic E-state index is 0.326. The highest BCUT2D eigenvalue weighted by molar-refractivity contribution is 7.20. The van der Waals surface area contributed by atoms with Crippen LogP contribution in [0.15, 0.2) is 18.3 Å². The monoisotopic (exact) mass is 413 g/mol. The molecule has 8 nitrogen and oxygen atoms in total. The third kappa shape index (κ3) is 4.01. The number of anilines is 3. The van der Waals surface area contributed by atoms with Crippen LogP contribution in [0.3, 0.4) is 0 Å². The summed E-state index contributed by atoms with van der Waals surface area (Å²) in [6, 6.07) is 3.97. The Morgan fingerprint density at radius 2 is 2.07 bits per heavy atom. The number of nitrogens with one attached hydrogen (secondary N) is 1. The van der Waals surface area contributed by atoms with Crippen LogP contribution < -0.4 is 10.2 Å². The van der Waals surface area contributed by atoms with Crippen molar-refractivity contribution < 1.29 is 14.3 Å². The molecule has 0 spiro atoms. The van der Waals surface area contributed by atoms with Gasteiger partial charge in [-0.1, -0.05) is 0 Å². The Bertz CT molecular complexity index is 1030. The third-order valence-corrected chi connectivity index (χ3v) is 5.87. The number of aryl methyl sites for hydroxylation is 2. The van der Waals surface area contributed by atoms with Gasteiger partial charge in [0.1, 0.15) is 27.2 Å². The number of carbonyl (C=O) groups is 1. The van der Waals surface area contributed by atoms with E-state index in [-0.39, 0.29) is 5.97 Å². The summed E-state index contributed by atoms with van der Waals surface area (Å²) in [7, 11) is 0. The number of fused-ring (bicyclic) bond motifs is 1. The van der Waals surface area contributed by atoms with Gasteiger partial charge in [0.15, 0.2) is 0 Å². The minimum atomic E-state index is -0.326. The van der Waals surface area contributed by atoms with Crippen molar-refractivity contribution in [1.82, 2.24) is 15.0 Å². The number of ether oxygens (including phenoxy) is 2. The van der Waals surface area contributed by atoms with Crippen molar-refractivity contribution >= 4 is 44.8 Å². The van der Waals surface area contributed by atoms with Crippen LogP contribution in [0.1, 0.15) is 28.0 Å². The zero-order valence-corrected chi connectivity index (χ0v) is 17.5. The quantitative estimate of drug-likeness (QED) is 0.636. The van der Waals surface area contributed by atoms with E-state index in [0.29, 0.717) is 23.1 Å². The molecule has 0 bridgehead atoms. The number of rotatable bonds is 5. The van der Waals surface area contributed by atoms with Crippen LogP contribution >= 0.6 is 11.3 Å². The van der Waals surface area contributed by atoms with E-state index in [2.05, 4.69) is 25.2 Å². The van der Waals surface area contributed by atoms with Crippen LogP contribution in [0.25, 0.3) is 10.2 Å². The second-order valence-electron chi connectivity index (χ2n) is 6.71. The first-order valence-electron chi connectivity index (χ1n) is 9.57. The molecule has 0 aliphatic carbocycles. The third-order valence-electron chi connectivity index (χ3n) is 4.71. The Morgan fingerprint density at radius 1 is 1.28 bits per heavy atom. The lowest BCUT2D eigenvalue weighted by atomic mass is 10.2. The molecule has 0 unspecified atom stereocenters. The van der Waals surface area contributed by atoms with Gasteiger partial charge in [-0.25, -0.2) is 19.7 Å². The average Bonchev–Trinajstić information content (AvgIpc) is 3.06. The van der Waals surface area contributed by atoms with Crippen molar-refractivity contribution in [1.29, 1.82) is 0 Å². The zero-order chi connectivity index (χ0) is 20.4. The summed E-state index contributed by atoms with van der Waals surface area (Å²) in [6.45, 7) is 9.00. The number of nitrogens with zero attached hydrogens (tertiary/aromatic N) is 4. The minimum Gasteiger partial charge on any atom is -0.462 e. The molecule has 29 heavy (non-hydrogen) atoms. The summed E-state index contributed by atoms with van der Waals surface area (Å²) in [5.74, 6) is 1.90. The standard InChI is InChI=1S/C20H23N5O3S/c1-4-28-20(26)17-12(2)16-18(22-13(3)23-19(16)29-17)24-14-5-6-15(21-11-14)25-7-9-27-10-8-25/h5-6,11H,4,7-10H2,1-3H3,(H,22,23,24). The fourth-order valence-electron chi connectivity index (χ4n) is 3.30. The molecular formula is C20H23N5O3S. The SMILES string of the molecule is CCOC(=O)c1sc2nc(C)nc(Nc3ccc(N4CCOCC4)nc3)c2c1C. The molecule has 0 amide bonds. The van der Waals surface area contributed by atoms with Crippen molar-refractivity contribution in [3.05, 3.63) is 34.6 Å². The Hall–Kier alpha value is -2.78. The number of pyridine rings is 1. The van der Waals surface area contributed by atoms with Crippen LogP contribution in [0, 0.1) is 13.8 Å². The molecular weight excluding hydrogens is 390 g/mol. The van der Waals surface area contributed by atoms with Gasteiger partial charge in [-0.15, -0.1) is 11.3 Å². The average molecular weight is 414 g/mol. The lowest BCUT2D eigenvalue weighted by Gasteiger charge is -2.27. The van der Waals surface area contributed by atoms with Crippen molar-refractivity contribution in [2.45, 2.75) is 20.8 Å². The maximum absolute atomic E-state index is 12.3. The highest BCUT2D eigenvalue weighted by Gasteiger charge is 2.21. The molecule has 9 heteroatoms. The van der Waals surface area contributed by atoms with Crippen LogP contribution in [-0.4, -0.2) is 53.8 Å². The van der Waals surface area contributed by atoms with E-state index in [4.69, 9.17) is 9.47 Å². The maximum Gasteiger partial charge on any atom is 0.348 e. The molecule has 1 N–H and O–H groups in total. The lowest BCUT2D eigenvalue weighted by Crippen LogP contribution is -2.36. The smallest absolute Gasteiger partial charge is 0.348 e. The van der Waals surface area contributed by atoms with Crippen molar-refractivity contribution in [3.8, 4) is 0 Å². The number of thiophene rings is 1. The summed E-state index contributed by atoms with van der Waals surface area (Å²) < 4.78 is 10.6. The normalized spacial score (nSPS) is 14.2. The zero-order valence-electron chi connectivity index (χ0n) is 16.7. The fourth-order valence-corrected chi connectivity index (χ4v) is 4.42. The number of aromatic nitrogens is 3. The molecule has 0 saturated carbocycles. The second kappa shape index (κ2) is 8.30. The highest BCUT2D eigenvalue weighted by Crippen LogP contribution is 2.35. The number of carbonyl (C=O) groups excluding carboxylic acids is 1. The molecule has 3 aromatic rings. The Balaban J connectivity index is 1.64. The van der Waals surface area contributed by atoms with Crippen LogP contribution in [0.4, 0.5) is 17.3 Å². The van der Waals surface area contributed by atoms with Gasteiger partial charge in [0.25, 0.3) is 0 Å². The van der Waals surface area contributed by atoms with Gasteiger partial charge in [-0.2, -0.15) is 0 Å². The summed E-state index contributed by atoms with van der Waals surface area (Å²) in [4.78, 5) is 29.4. The van der Waals surface area contributed by atoms with Gasteiger partial charge >= 0.3 is 5.97 Å². The Morgan fingerprint density at radius 3 is 2.76 bits per heavy atom. The molecule has 4 rings (SSSR count). The van der Waals surface area contributed by atoms with Crippen LogP contribution in [0.5, 0.6) is 0 Å². The van der Waals surface area contributed by atoms with E-state index in [1.807, 2.05) is 26.0 Å². The summed E-state index contributed by atoms with van der Waals surface area (Å²) in [5, 5.41) is 4.17. The topological polar surface area (TPSA) is 89.5 Å². The van der Waals surface area contributed by atoms with Crippen molar-refractivity contribution in [3.63, 3.8) is 0 Å². The number of esters is 1. The highest BCUT2D eigenvalue weighted by atomic mass is 32.1. The molecule has 1 fully saturated rings. The Labute approximate surface area is 172 Å². The number of hydrogen-bond donors (Lipinski definition) is 1. The predicted molar refractivity (Wildman–Crippen MR) is 113 cm³/mol. The van der Waals surface area contributed by atoms with E-state index in [1.165, 1.54) is 11.3 Å². The van der Waals surface area contributed by atoms with Gasteiger partial charge in [-0.05, 0) is 38.5 Å². The molecule has 1 aliphatic heterocycles. The molecule has 4 heterocycles. The molecule has 1 saturated heterocycles.